The molecule has 0 aromatic carbocycles. The summed E-state index contributed by atoms with van der Waals surface area (Å²) in [4.78, 5) is 23.2. The van der Waals surface area contributed by atoms with E-state index in [1.165, 1.54) is 25.3 Å². The summed E-state index contributed by atoms with van der Waals surface area (Å²) in [5.74, 6) is -1.24. The van der Waals surface area contributed by atoms with Crippen molar-refractivity contribution in [3.8, 4) is 0 Å². The summed E-state index contributed by atoms with van der Waals surface area (Å²) in [6.07, 6.45) is 4.66. The zero-order chi connectivity index (χ0) is 20.9. The number of hydrogen-bond donors (Lipinski definition) is 0. The fraction of sp³-hybridized carbons (Fsp3) is 0.789. The third-order valence-electron chi connectivity index (χ3n) is 3.26. The molecule has 0 rings (SSSR count). The molecule has 0 saturated carbocycles. The van der Waals surface area contributed by atoms with E-state index in [0.29, 0.717) is 19.3 Å². The zero-order valence-corrected chi connectivity index (χ0v) is 14.0. The second-order valence-electron chi connectivity index (χ2n) is 5.28. The van der Waals surface area contributed by atoms with Gasteiger partial charge in [0.05, 0.1) is 7.11 Å². The number of esters is 1. The Bertz CT molecular complexity index is 478. The highest BCUT2D eigenvalue weighted by Crippen LogP contribution is 2.09. The smallest absolute Gasteiger partial charge is 0.305 e. The van der Waals surface area contributed by atoms with Crippen molar-refractivity contribution >= 4 is 11.8 Å². The molecule has 0 saturated heterocycles. The molecule has 0 heterocycles. The molecule has 0 spiro atoms. The highest BCUT2D eigenvalue weighted by atomic mass is 16.5. The quantitative estimate of drug-likeness (QED) is 0.231. The van der Waals surface area contributed by atoms with Crippen LogP contribution in [0.15, 0.2) is 12.2 Å². The van der Waals surface area contributed by atoms with Gasteiger partial charge in [0, 0.05) is 19.6 Å². The Labute approximate surface area is 143 Å². The lowest BCUT2D eigenvalue weighted by atomic mass is 10.1. The SMILES string of the molecule is [2H]C(CCCC=CC(=O)CCCCCCCC)C([2H])([2H])C([2H])([2H])C(=O)OC. The van der Waals surface area contributed by atoms with Crippen LogP contribution in [0.5, 0.6) is 0 Å². The molecule has 0 aliphatic heterocycles. The van der Waals surface area contributed by atoms with Gasteiger partial charge in [0.2, 0.25) is 0 Å². The van der Waals surface area contributed by atoms with Crippen molar-refractivity contribution in [2.24, 2.45) is 0 Å². The molecule has 1 unspecified atom stereocenters. The highest BCUT2D eigenvalue weighted by molar-refractivity contribution is 5.89. The second kappa shape index (κ2) is 16.3. The number of carbonyl (C=O) groups excluding carboxylic acids is 2. The lowest BCUT2D eigenvalue weighted by molar-refractivity contribution is -0.140. The molecule has 0 aliphatic carbocycles. The van der Waals surface area contributed by atoms with E-state index in [1.807, 2.05) is 0 Å². The summed E-state index contributed by atoms with van der Waals surface area (Å²) in [6, 6.07) is 0. The molecule has 0 N–H and O–H groups in total. The molecular formula is C19H34O3. The van der Waals surface area contributed by atoms with Crippen molar-refractivity contribution in [2.75, 3.05) is 7.11 Å². The Hall–Kier alpha value is -1.12. The standard InChI is InChI=1S/C19H34O3/c1-3-4-5-6-9-12-15-18(20)16-13-10-7-8-11-14-17-19(21)22-2/h13,16H,3-12,14-15,17H2,1-2H3/i11D,14D2,17D2. The van der Waals surface area contributed by atoms with Crippen LogP contribution in [0.4, 0.5) is 0 Å². The number of rotatable bonds is 15. The van der Waals surface area contributed by atoms with E-state index in [2.05, 4.69) is 11.7 Å². The second-order valence-corrected chi connectivity index (χ2v) is 5.28. The van der Waals surface area contributed by atoms with E-state index >= 15 is 0 Å². The fourth-order valence-corrected chi connectivity index (χ4v) is 1.95. The summed E-state index contributed by atoms with van der Waals surface area (Å²) < 4.78 is 42.9. The third kappa shape index (κ3) is 15.3. The van der Waals surface area contributed by atoms with E-state index < -0.39 is 25.1 Å². The van der Waals surface area contributed by atoms with Crippen LogP contribution >= 0.6 is 0 Å². The van der Waals surface area contributed by atoms with Crippen LogP contribution in [0.3, 0.4) is 0 Å². The molecular weight excluding hydrogens is 276 g/mol. The lowest BCUT2D eigenvalue weighted by Crippen LogP contribution is -1.99. The van der Waals surface area contributed by atoms with Crippen molar-refractivity contribution in [1.29, 1.82) is 0 Å². The monoisotopic (exact) mass is 315 g/mol. The van der Waals surface area contributed by atoms with E-state index in [1.54, 1.807) is 6.08 Å². The molecule has 0 amide bonds. The topological polar surface area (TPSA) is 43.4 Å². The number of methoxy groups -OCH3 is 1. The first-order valence-corrected chi connectivity index (χ1v) is 8.31. The maximum Gasteiger partial charge on any atom is 0.305 e. The van der Waals surface area contributed by atoms with E-state index in [4.69, 9.17) is 6.85 Å². The fourth-order valence-electron chi connectivity index (χ4n) is 1.95. The van der Waals surface area contributed by atoms with Gasteiger partial charge in [-0.05, 0) is 31.7 Å². The first-order chi connectivity index (χ1) is 12.6. The summed E-state index contributed by atoms with van der Waals surface area (Å²) in [6.45, 7) is 2.17. The number of unbranched alkanes of at least 4 members (excludes halogenated alkanes) is 6. The van der Waals surface area contributed by atoms with Crippen molar-refractivity contribution in [2.45, 2.75) is 90.3 Å². The Kier molecular flexibility index (Phi) is 9.85. The number of allylic oxidation sites excluding steroid dienone is 2. The van der Waals surface area contributed by atoms with E-state index in [0.717, 1.165) is 26.4 Å². The van der Waals surface area contributed by atoms with Crippen LogP contribution in [0.1, 0.15) is 97.1 Å². The van der Waals surface area contributed by atoms with Gasteiger partial charge in [0.25, 0.3) is 0 Å². The summed E-state index contributed by atoms with van der Waals surface area (Å²) in [5, 5.41) is 0. The summed E-state index contributed by atoms with van der Waals surface area (Å²) >= 11 is 0. The molecule has 0 aromatic heterocycles. The number of carbonyl (C=O) groups is 2. The molecule has 0 aromatic rings. The van der Waals surface area contributed by atoms with E-state index in [-0.39, 0.29) is 12.2 Å². The molecule has 3 nitrogen and oxygen atoms in total. The molecule has 128 valence electrons. The molecule has 0 bridgehead atoms. The number of hydrogen-bond acceptors (Lipinski definition) is 3. The summed E-state index contributed by atoms with van der Waals surface area (Å²) in [7, 11) is 0.988. The van der Waals surface area contributed by atoms with Gasteiger partial charge in [-0.15, -0.1) is 0 Å². The third-order valence-corrected chi connectivity index (χ3v) is 3.26. The predicted octanol–water partition coefficient (Wildman–Crippen LogP) is 5.38. The molecule has 22 heavy (non-hydrogen) atoms. The van der Waals surface area contributed by atoms with Gasteiger partial charge in [-0.25, -0.2) is 0 Å². The van der Waals surface area contributed by atoms with Crippen LogP contribution < -0.4 is 0 Å². The van der Waals surface area contributed by atoms with Crippen LogP contribution in [-0.4, -0.2) is 18.9 Å². The first kappa shape index (κ1) is 13.3. The molecule has 3 heteroatoms. The maximum absolute atomic E-state index is 11.7. The average molecular weight is 316 g/mol. The molecule has 0 fully saturated rings. The van der Waals surface area contributed by atoms with Crippen molar-refractivity contribution in [1.82, 2.24) is 0 Å². The molecule has 1 atom stereocenters. The normalized spacial score (nSPS) is 17.1. The Morgan fingerprint density at radius 1 is 1.05 bits per heavy atom. The van der Waals surface area contributed by atoms with E-state index in [9.17, 15) is 9.59 Å². The van der Waals surface area contributed by atoms with Crippen molar-refractivity contribution < 1.29 is 21.2 Å². The number of ketones is 1. The van der Waals surface area contributed by atoms with Gasteiger partial charge in [-0.2, -0.15) is 0 Å². The van der Waals surface area contributed by atoms with Crippen LogP contribution in [-0.2, 0) is 14.3 Å². The first-order valence-electron chi connectivity index (χ1n) is 10.9. The van der Waals surface area contributed by atoms with Gasteiger partial charge in [0.1, 0.15) is 0 Å². The maximum atomic E-state index is 11.7. The van der Waals surface area contributed by atoms with Gasteiger partial charge in [-0.1, -0.05) is 57.9 Å². The minimum absolute atomic E-state index is 0.0743. The van der Waals surface area contributed by atoms with Crippen molar-refractivity contribution in [3.05, 3.63) is 12.2 Å². The Morgan fingerprint density at radius 3 is 2.50 bits per heavy atom. The zero-order valence-electron chi connectivity index (χ0n) is 19.0. The average Bonchev–Trinajstić information content (AvgIpc) is 2.62. The Balaban J connectivity index is 4.13. The molecule has 0 radical (unpaired) electrons. The highest BCUT2D eigenvalue weighted by Gasteiger charge is 1.99. The van der Waals surface area contributed by atoms with Gasteiger partial charge in [-0.3, -0.25) is 9.59 Å². The molecule has 0 aliphatic rings. The van der Waals surface area contributed by atoms with Crippen LogP contribution in [0.2, 0.25) is 0 Å². The lowest BCUT2D eigenvalue weighted by Gasteiger charge is -2.00. The van der Waals surface area contributed by atoms with Gasteiger partial charge in [0.15, 0.2) is 5.78 Å². The van der Waals surface area contributed by atoms with Crippen LogP contribution in [0, 0.1) is 0 Å². The largest absolute Gasteiger partial charge is 0.469 e. The minimum atomic E-state index is -2.88. The number of ether oxygens (including phenoxy) is 1. The van der Waals surface area contributed by atoms with Crippen molar-refractivity contribution in [3.63, 3.8) is 0 Å². The summed E-state index contributed by atoms with van der Waals surface area (Å²) in [5.41, 5.74) is 0. The van der Waals surface area contributed by atoms with Gasteiger partial charge >= 0.3 is 5.97 Å². The predicted molar refractivity (Wildman–Crippen MR) is 91.9 cm³/mol. The van der Waals surface area contributed by atoms with Crippen LogP contribution in [0.25, 0.3) is 0 Å². The minimum Gasteiger partial charge on any atom is -0.469 e. The Morgan fingerprint density at radius 2 is 1.77 bits per heavy atom. The van der Waals surface area contributed by atoms with Gasteiger partial charge < -0.3 is 4.74 Å².